The summed E-state index contributed by atoms with van der Waals surface area (Å²) in [6.45, 7) is 2.23. The summed E-state index contributed by atoms with van der Waals surface area (Å²) in [6, 6.07) is 0. The van der Waals surface area contributed by atoms with Crippen molar-refractivity contribution in [1.82, 2.24) is 0 Å². The van der Waals surface area contributed by atoms with Crippen LogP contribution in [0.2, 0.25) is 4.44 Å². The fraction of sp³-hybridized carbons (Fsp3) is 1.00. The van der Waals surface area contributed by atoms with Crippen molar-refractivity contribution in [2.45, 2.75) is 24.2 Å². The maximum absolute atomic E-state index is 2.23. The van der Waals surface area contributed by atoms with Crippen LogP contribution in [-0.4, -0.2) is 52.1 Å². The molecule has 0 heterocycles. The second-order valence-electron chi connectivity index (χ2n) is 1.10. The predicted molar refractivity (Wildman–Crippen MR) is 31.2 cm³/mol. The molecule has 0 aromatic rings. The van der Waals surface area contributed by atoms with Gasteiger partial charge in [0.1, 0.15) is 0 Å². The van der Waals surface area contributed by atoms with Crippen LogP contribution in [0, 0.1) is 0 Å². The molecule has 0 nitrogen and oxygen atoms in total. The second kappa shape index (κ2) is 9.93. The van der Waals surface area contributed by atoms with Gasteiger partial charge < -0.3 is 0 Å². The smallest absolute Gasteiger partial charge is 0 e. The summed E-state index contributed by atoms with van der Waals surface area (Å²) in [6.07, 6.45) is 2.80. The Kier molecular flexibility index (Phi) is 17.7. The fourth-order valence-corrected chi connectivity index (χ4v) is 1.19. The van der Waals surface area contributed by atoms with E-state index in [2.05, 4.69) is 6.92 Å². The van der Waals surface area contributed by atoms with Crippen molar-refractivity contribution in [3.63, 3.8) is 0 Å². The fourth-order valence-electron chi connectivity index (χ4n) is 0.177. The third-order valence-corrected chi connectivity index (χ3v) is 1.54. The van der Waals surface area contributed by atoms with E-state index in [4.69, 9.17) is 0 Å². The zero-order valence-electron chi connectivity index (χ0n) is 4.62. The van der Waals surface area contributed by atoms with Gasteiger partial charge in [0.05, 0.1) is 0 Å². The largest absolute Gasteiger partial charge is 0 e. The molecule has 0 spiro atoms. The summed E-state index contributed by atoms with van der Waals surface area (Å²) in [4.78, 5) is 0. The maximum Gasteiger partial charge on any atom is 0 e. The van der Waals surface area contributed by atoms with Gasteiger partial charge in [0.25, 0.3) is 0 Å². The minimum atomic E-state index is 0. The molecule has 0 aromatic carbocycles. The Morgan fingerprint density at radius 3 is 2.00 bits per heavy atom. The standard InChI is InChI=1S/C4H9.Na.Sn/c1-3-4-2;;/h1,3-4H2,2H3;;. The van der Waals surface area contributed by atoms with Gasteiger partial charge in [-0.15, -0.1) is 0 Å². The van der Waals surface area contributed by atoms with E-state index in [1.165, 1.54) is 17.3 Å². The molecule has 0 saturated heterocycles. The molecule has 0 atom stereocenters. The molecule has 0 amide bonds. The first-order chi connectivity index (χ1) is 2.41. The van der Waals surface area contributed by atoms with Crippen molar-refractivity contribution < 1.29 is 0 Å². The zero-order chi connectivity index (χ0) is 4.12. The van der Waals surface area contributed by atoms with Crippen LogP contribution in [0.3, 0.4) is 0 Å². The minimum Gasteiger partial charge on any atom is 0 e. The van der Waals surface area contributed by atoms with E-state index < -0.39 is 0 Å². The van der Waals surface area contributed by atoms with E-state index in [0.29, 0.717) is 0 Å². The van der Waals surface area contributed by atoms with Gasteiger partial charge in [-0.25, -0.2) is 0 Å². The van der Waals surface area contributed by atoms with Crippen molar-refractivity contribution in [3.8, 4) is 0 Å². The summed E-state index contributed by atoms with van der Waals surface area (Å²) >= 11 is 1.68. The molecule has 0 saturated carbocycles. The molecular formula is C4H9NaSn. The maximum atomic E-state index is 2.23. The molecule has 2 heteroatoms. The van der Waals surface area contributed by atoms with E-state index in [-0.39, 0.29) is 29.6 Å². The molecule has 4 radical (unpaired) electrons. The van der Waals surface area contributed by atoms with Crippen molar-refractivity contribution in [1.29, 1.82) is 0 Å². The molecule has 0 aliphatic heterocycles. The third kappa shape index (κ3) is 9.25. The first-order valence-corrected chi connectivity index (χ1v) is 4.08. The molecule has 0 fully saturated rings. The average Bonchev–Trinajstić information content (AvgIpc) is 1.41. The van der Waals surface area contributed by atoms with Crippen LogP contribution in [0.4, 0.5) is 0 Å². The van der Waals surface area contributed by atoms with Crippen LogP contribution in [0.1, 0.15) is 19.8 Å². The molecule has 0 rings (SSSR count). The summed E-state index contributed by atoms with van der Waals surface area (Å²) in [5.41, 5.74) is 0. The number of hydrogen-bond donors (Lipinski definition) is 0. The average molecular weight is 199 g/mol. The van der Waals surface area contributed by atoms with E-state index in [1.54, 1.807) is 22.5 Å². The Bertz CT molecular complexity index is 15.0. The Morgan fingerprint density at radius 1 is 1.50 bits per heavy atom. The molecule has 0 bridgehead atoms. The van der Waals surface area contributed by atoms with Crippen molar-refractivity contribution in [3.05, 3.63) is 0 Å². The number of unbranched alkanes of at least 4 members (excludes halogenated alkanes) is 1. The van der Waals surface area contributed by atoms with Gasteiger partial charge in [0, 0.05) is 29.6 Å². The Labute approximate surface area is 75.5 Å². The van der Waals surface area contributed by atoms with E-state index in [9.17, 15) is 0 Å². The summed E-state index contributed by atoms with van der Waals surface area (Å²) in [7, 11) is 0. The van der Waals surface area contributed by atoms with Crippen LogP contribution >= 0.6 is 0 Å². The summed E-state index contributed by atoms with van der Waals surface area (Å²) < 4.78 is 1.43. The van der Waals surface area contributed by atoms with Crippen LogP contribution in [0.15, 0.2) is 0 Å². The summed E-state index contributed by atoms with van der Waals surface area (Å²) in [5.74, 6) is 0. The van der Waals surface area contributed by atoms with Crippen molar-refractivity contribution in [2.75, 3.05) is 0 Å². The van der Waals surface area contributed by atoms with Crippen LogP contribution < -0.4 is 0 Å². The Morgan fingerprint density at radius 2 is 2.00 bits per heavy atom. The topological polar surface area (TPSA) is 0 Å². The molecule has 0 aliphatic rings. The quantitative estimate of drug-likeness (QED) is 0.581. The minimum absolute atomic E-state index is 0. The van der Waals surface area contributed by atoms with Crippen LogP contribution in [0.5, 0.6) is 0 Å². The van der Waals surface area contributed by atoms with Crippen LogP contribution in [0.25, 0.3) is 0 Å². The van der Waals surface area contributed by atoms with Gasteiger partial charge >= 0.3 is 46.7 Å². The van der Waals surface area contributed by atoms with Gasteiger partial charge in [-0.05, 0) is 0 Å². The van der Waals surface area contributed by atoms with E-state index >= 15 is 0 Å². The Balaban J connectivity index is 0. The first kappa shape index (κ1) is 10.7. The zero-order valence-corrected chi connectivity index (χ0v) is 9.48. The van der Waals surface area contributed by atoms with Crippen molar-refractivity contribution >= 4 is 52.1 Å². The molecule has 0 aromatic heterocycles. The molecule has 0 unspecified atom stereocenters. The second-order valence-corrected chi connectivity index (χ2v) is 2.53. The number of rotatable bonds is 2. The van der Waals surface area contributed by atoms with Crippen molar-refractivity contribution in [2.24, 2.45) is 0 Å². The van der Waals surface area contributed by atoms with Gasteiger partial charge in [-0.3, -0.25) is 0 Å². The predicted octanol–water partition coefficient (Wildman–Crippen LogP) is 0.992. The Hall–Kier alpha value is 1.80. The van der Waals surface area contributed by atoms with Gasteiger partial charge in [-0.2, -0.15) is 0 Å². The molecular weight excluding hydrogens is 190 g/mol. The van der Waals surface area contributed by atoms with Crippen LogP contribution in [-0.2, 0) is 0 Å². The summed E-state index contributed by atoms with van der Waals surface area (Å²) in [5, 5.41) is 0. The molecule has 6 heavy (non-hydrogen) atoms. The molecule has 0 aliphatic carbocycles. The normalized spacial score (nSPS) is 7.00. The monoisotopic (exact) mass is 200 g/mol. The van der Waals surface area contributed by atoms with Gasteiger partial charge in [-0.1, -0.05) is 0 Å². The molecule has 30 valence electrons. The van der Waals surface area contributed by atoms with Gasteiger partial charge in [0.2, 0.25) is 0 Å². The molecule has 0 N–H and O–H groups in total. The third-order valence-electron chi connectivity index (χ3n) is 0.530. The SMILES string of the molecule is CCC[CH2][Sn].[Na]. The van der Waals surface area contributed by atoms with Gasteiger partial charge in [0.15, 0.2) is 0 Å². The number of hydrogen-bond acceptors (Lipinski definition) is 0. The van der Waals surface area contributed by atoms with E-state index in [0.717, 1.165) is 0 Å². The van der Waals surface area contributed by atoms with E-state index in [1.807, 2.05) is 0 Å². The first-order valence-electron chi connectivity index (χ1n) is 2.06.